The second kappa shape index (κ2) is 8.95. The van der Waals surface area contributed by atoms with E-state index in [9.17, 15) is 10.2 Å². The Bertz CT molecular complexity index is 1100. The van der Waals surface area contributed by atoms with Crippen molar-refractivity contribution in [2.75, 3.05) is 13.6 Å². The number of hydrogen-bond acceptors (Lipinski definition) is 3. The highest BCUT2D eigenvalue weighted by molar-refractivity contribution is 5.65. The predicted octanol–water partition coefficient (Wildman–Crippen LogP) is 5.32. The number of aliphatic hydroxyl groups is 2. The summed E-state index contributed by atoms with van der Waals surface area (Å²) in [6.07, 6.45) is 0.0761. The average molecular weight is 436 g/mol. The fourth-order valence-corrected chi connectivity index (χ4v) is 5.11. The van der Waals surface area contributed by atoms with E-state index >= 15 is 0 Å². The molecule has 3 heteroatoms. The van der Waals surface area contributed by atoms with E-state index in [-0.39, 0.29) is 6.04 Å². The lowest BCUT2D eigenvalue weighted by atomic mass is 9.78. The highest BCUT2D eigenvalue weighted by Gasteiger charge is 2.46. The van der Waals surface area contributed by atoms with E-state index in [2.05, 4.69) is 53.4 Å². The van der Waals surface area contributed by atoms with E-state index in [1.807, 2.05) is 67.7 Å². The summed E-state index contributed by atoms with van der Waals surface area (Å²) in [6.45, 7) is 0.553. The number of hydrogen-bond donors (Lipinski definition) is 2. The first-order chi connectivity index (χ1) is 16.1. The lowest BCUT2D eigenvalue weighted by molar-refractivity contribution is 0.00401. The zero-order valence-corrected chi connectivity index (χ0v) is 18.8. The summed E-state index contributed by atoms with van der Waals surface area (Å²) in [4.78, 5) is 2.07. The van der Waals surface area contributed by atoms with Gasteiger partial charge in [0.1, 0.15) is 5.60 Å². The first kappa shape index (κ1) is 21.6. The van der Waals surface area contributed by atoms with E-state index in [0.717, 1.165) is 33.4 Å². The molecule has 4 aromatic carbocycles. The van der Waals surface area contributed by atoms with Crippen molar-refractivity contribution >= 4 is 0 Å². The topological polar surface area (TPSA) is 43.7 Å². The lowest BCUT2D eigenvalue weighted by Crippen LogP contribution is -2.46. The Kier molecular flexibility index (Phi) is 5.86. The molecule has 5 rings (SSSR count). The number of likely N-dealkylation sites (tertiary alicyclic amines) is 1. The molecule has 1 aliphatic heterocycles. The molecule has 0 spiro atoms. The van der Waals surface area contributed by atoms with Gasteiger partial charge in [-0.05, 0) is 46.8 Å². The van der Waals surface area contributed by atoms with Crippen molar-refractivity contribution in [1.82, 2.24) is 4.90 Å². The van der Waals surface area contributed by atoms with Crippen molar-refractivity contribution in [3.05, 3.63) is 120 Å². The van der Waals surface area contributed by atoms with Gasteiger partial charge in [-0.15, -0.1) is 0 Å². The molecule has 1 fully saturated rings. The van der Waals surface area contributed by atoms with E-state index in [0.29, 0.717) is 13.0 Å². The van der Waals surface area contributed by atoms with Crippen molar-refractivity contribution < 1.29 is 10.2 Å². The van der Waals surface area contributed by atoms with Crippen LogP contribution >= 0.6 is 0 Å². The molecule has 33 heavy (non-hydrogen) atoms. The second-order valence-electron chi connectivity index (χ2n) is 9.00. The van der Waals surface area contributed by atoms with Crippen LogP contribution in [0.25, 0.3) is 22.3 Å². The average Bonchev–Trinajstić information content (AvgIpc) is 3.23. The first-order valence-corrected chi connectivity index (χ1v) is 11.5. The van der Waals surface area contributed by atoms with Gasteiger partial charge in [-0.3, -0.25) is 4.90 Å². The van der Waals surface area contributed by atoms with Gasteiger partial charge in [0.2, 0.25) is 0 Å². The van der Waals surface area contributed by atoms with Crippen LogP contribution in [0.5, 0.6) is 0 Å². The van der Waals surface area contributed by atoms with Crippen LogP contribution in [0.4, 0.5) is 0 Å². The van der Waals surface area contributed by atoms with Crippen molar-refractivity contribution in [3.8, 4) is 22.3 Å². The quantitative estimate of drug-likeness (QED) is 0.446. The molecule has 166 valence electrons. The van der Waals surface area contributed by atoms with E-state index in [1.54, 1.807) is 0 Å². The molecule has 1 heterocycles. The molecule has 3 nitrogen and oxygen atoms in total. The number of nitrogens with zero attached hydrogens (tertiary/aromatic N) is 1. The zero-order chi connectivity index (χ0) is 22.8. The standard InChI is InChI=1S/C30H29NO2/c1-31-21-28(32)20-29(31)30(33,26-16-12-24(13-17-26)22-8-4-2-5-9-22)27-18-14-25(15-19-27)23-10-6-3-7-11-23/h2-19,28-29,32-33H,20-21H2,1H3/t28-,29+/m1/s1. The third-order valence-electron chi connectivity index (χ3n) is 6.87. The van der Waals surface area contributed by atoms with Gasteiger partial charge in [-0.1, -0.05) is 109 Å². The zero-order valence-electron chi connectivity index (χ0n) is 18.8. The molecule has 0 amide bonds. The molecule has 2 atom stereocenters. The van der Waals surface area contributed by atoms with Crippen molar-refractivity contribution in [2.45, 2.75) is 24.2 Å². The van der Waals surface area contributed by atoms with Crippen LogP contribution in [0, 0.1) is 0 Å². The van der Waals surface area contributed by atoms with Crippen molar-refractivity contribution in [3.63, 3.8) is 0 Å². The van der Waals surface area contributed by atoms with Crippen LogP contribution in [0.3, 0.4) is 0 Å². The summed E-state index contributed by atoms with van der Waals surface area (Å²) in [6, 6.07) is 36.6. The largest absolute Gasteiger partial charge is 0.392 e. The van der Waals surface area contributed by atoms with Crippen LogP contribution in [-0.2, 0) is 5.60 Å². The monoisotopic (exact) mass is 435 g/mol. The number of aliphatic hydroxyl groups excluding tert-OH is 1. The van der Waals surface area contributed by atoms with E-state index < -0.39 is 11.7 Å². The molecule has 0 saturated carbocycles. The highest BCUT2D eigenvalue weighted by Crippen LogP contribution is 2.41. The molecule has 0 bridgehead atoms. The molecule has 0 unspecified atom stereocenters. The lowest BCUT2D eigenvalue weighted by Gasteiger charge is -2.39. The Morgan fingerprint density at radius 1 is 0.636 bits per heavy atom. The van der Waals surface area contributed by atoms with E-state index in [1.165, 1.54) is 0 Å². The minimum atomic E-state index is -1.24. The van der Waals surface area contributed by atoms with Gasteiger partial charge in [-0.25, -0.2) is 0 Å². The molecular formula is C30H29NO2. The Balaban J connectivity index is 1.56. The van der Waals surface area contributed by atoms with Crippen LogP contribution in [0.15, 0.2) is 109 Å². The normalized spacial score (nSPS) is 19.0. The molecule has 4 aromatic rings. The third kappa shape index (κ3) is 4.11. The number of rotatable bonds is 5. The summed E-state index contributed by atoms with van der Waals surface area (Å²) in [5.41, 5.74) is 4.95. The molecule has 1 aliphatic rings. The Morgan fingerprint density at radius 3 is 1.39 bits per heavy atom. The van der Waals surface area contributed by atoms with E-state index in [4.69, 9.17) is 0 Å². The summed E-state index contributed by atoms with van der Waals surface area (Å²) < 4.78 is 0. The van der Waals surface area contributed by atoms with Gasteiger partial charge in [0.15, 0.2) is 0 Å². The molecule has 0 aliphatic carbocycles. The molecule has 2 N–H and O–H groups in total. The number of likely N-dealkylation sites (N-methyl/N-ethyl adjacent to an activating group) is 1. The number of benzene rings is 4. The fraction of sp³-hybridized carbons (Fsp3) is 0.200. The van der Waals surface area contributed by atoms with Crippen LogP contribution in [0.2, 0.25) is 0 Å². The maximum Gasteiger partial charge on any atom is 0.130 e. The van der Waals surface area contributed by atoms with Gasteiger partial charge in [0.25, 0.3) is 0 Å². The summed E-state index contributed by atoms with van der Waals surface area (Å²) >= 11 is 0. The van der Waals surface area contributed by atoms with Crippen LogP contribution in [-0.4, -0.2) is 40.9 Å². The molecule has 0 aromatic heterocycles. The SMILES string of the molecule is CN1C[C@H](O)C[C@H]1C(O)(c1ccc(-c2ccccc2)cc1)c1ccc(-c2ccccc2)cc1. The Morgan fingerprint density at radius 2 is 1.03 bits per heavy atom. The minimum absolute atomic E-state index is 0.224. The van der Waals surface area contributed by atoms with Gasteiger partial charge in [-0.2, -0.15) is 0 Å². The maximum atomic E-state index is 12.3. The van der Waals surface area contributed by atoms with Crippen LogP contribution in [0.1, 0.15) is 17.5 Å². The van der Waals surface area contributed by atoms with Gasteiger partial charge < -0.3 is 10.2 Å². The summed E-state index contributed by atoms with van der Waals surface area (Å²) in [5, 5.41) is 22.7. The second-order valence-corrected chi connectivity index (χ2v) is 9.00. The maximum absolute atomic E-state index is 12.3. The molecular weight excluding hydrogens is 406 g/mol. The Hall–Kier alpha value is -3.24. The predicted molar refractivity (Wildman–Crippen MR) is 134 cm³/mol. The van der Waals surface area contributed by atoms with Crippen LogP contribution < -0.4 is 0 Å². The van der Waals surface area contributed by atoms with Gasteiger partial charge in [0, 0.05) is 12.6 Å². The smallest absolute Gasteiger partial charge is 0.130 e. The highest BCUT2D eigenvalue weighted by atomic mass is 16.3. The van der Waals surface area contributed by atoms with Crippen molar-refractivity contribution in [2.24, 2.45) is 0 Å². The third-order valence-corrected chi connectivity index (χ3v) is 6.87. The first-order valence-electron chi connectivity index (χ1n) is 11.5. The minimum Gasteiger partial charge on any atom is -0.392 e. The van der Waals surface area contributed by atoms with Gasteiger partial charge >= 0.3 is 0 Å². The number of β-amino-alcohol motifs (C(OH)–C–C–N with tert-alkyl or cyclic N) is 1. The molecule has 1 saturated heterocycles. The van der Waals surface area contributed by atoms with Gasteiger partial charge in [0.05, 0.1) is 6.10 Å². The Labute approximate surface area is 195 Å². The van der Waals surface area contributed by atoms with Crippen molar-refractivity contribution in [1.29, 1.82) is 0 Å². The fourth-order valence-electron chi connectivity index (χ4n) is 5.11. The summed E-state index contributed by atoms with van der Waals surface area (Å²) in [7, 11) is 1.97. The summed E-state index contributed by atoms with van der Waals surface area (Å²) in [5.74, 6) is 0. The molecule has 0 radical (unpaired) electrons.